The summed E-state index contributed by atoms with van der Waals surface area (Å²) in [6.45, 7) is 3.45. The first kappa shape index (κ1) is 13.4. The monoisotopic (exact) mass is 252 g/mol. The summed E-state index contributed by atoms with van der Waals surface area (Å²) in [5, 5.41) is 9.73. The maximum atomic E-state index is 9.13. The van der Waals surface area contributed by atoms with Gasteiger partial charge in [-0.15, -0.1) is 0 Å². The van der Waals surface area contributed by atoms with E-state index in [4.69, 9.17) is 9.84 Å². The van der Waals surface area contributed by atoms with Gasteiger partial charge in [-0.25, -0.2) is 0 Å². The maximum absolute atomic E-state index is 9.13. The van der Waals surface area contributed by atoms with Crippen molar-refractivity contribution in [2.75, 3.05) is 18.5 Å². The molecule has 1 N–H and O–H groups in total. The molecular formula is C10H21BrO2. The molecule has 80 valence electrons. The second-order valence-corrected chi connectivity index (χ2v) is 3.94. The minimum Gasteiger partial charge on any atom is -0.390 e. The normalized spacial score (nSPS) is 13.2. The summed E-state index contributed by atoms with van der Waals surface area (Å²) in [5.41, 5.74) is 0. The fourth-order valence-corrected chi connectivity index (χ4v) is 1.26. The number of aliphatic hydroxyl groups is 1. The number of hydrogen-bond donors (Lipinski definition) is 1. The zero-order chi connectivity index (χ0) is 9.94. The molecule has 0 aliphatic rings. The fourth-order valence-electron chi connectivity index (χ4n) is 1.07. The van der Waals surface area contributed by atoms with E-state index in [-0.39, 0.29) is 6.10 Å². The maximum Gasteiger partial charge on any atom is 0.0870 e. The highest BCUT2D eigenvalue weighted by Crippen LogP contribution is 2.02. The summed E-state index contributed by atoms with van der Waals surface area (Å²) in [6.07, 6.45) is 5.93. The van der Waals surface area contributed by atoms with E-state index in [1.54, 1.807) is 0 Å². The number of alkyl halides is 1. The predicted octanol–water partition coefficient (Wildman–Crippen LogP) is 2.73. The first-order chi connectivity index (χ1) is 6.31. The van der Waals surface area contributed by atoms with Gasteiger partial charge in [-0.3, -0.25) is 0 Å². The molecule has 0 fully saturated rings. The first-order valence-electron chi connectivity index (χ1n) is 5.13. The molecule has 1 atom stereocenters. The molecule has 0 aromatic heterocycles. The Morgan fingerprint density at radius 2 is 1.92 bits per heavy atom. The van der Waals surface area contributed by atoms with Crippen molar-refractivity contribution in [2.24, 2.45) is 0 Å². The highest BCUT2D eigenvalue weighted by molar-refractivity contribution is 9.09. The molecule has 0 amide bonds. The van der Waals surface area contributed by atoms with Crippen LogP contribution in [0.3, 0.4) is 0 Å². The molecule has 0 radical (unpaired) electrons. The van der Waals surface area contributed by atoms with Crippen LogP contribution >= 0.6 is 15.9 Å². The number of unbranched alkanes of at least 4 members (excludes halogenated alkanes) is 4. The average molecular weight is 253 g/mol. The van der Waals surface area contributed by atoms with Crippen molar-refractivity contribution in [3.8, 4) is 0 Å². The van der Waals surface area contributed by atoms with E-state index in [2.05, 4.69) is 22.9 Å². The van der Waals surface area contributed by atoms with E-state index < -0.39 is 0 Å². The number of ether oxygens (including phenoxy) is 1. The number of rotatable bonds is 9. The van der Waals surface area contributed by atoms with E-state index in [9.17, 15) is 0 Å². The number of aliphatic hydroxyl groups excluding tert-OH is 1. The van der Waals surface area contributed by atoms with Crippen LogP contribution in [-0.4, -0.2) is 29.8 Å². The first-order valence-corrected chi connectivity index (χ1v) is 6.25. The lowest BCUT2D eigenvalue weighted by molar-refractivity contribution is 0.0473. The molecule has 0 saturated heterocycles. The van der Waals surface area contributed by atoms with Crippen molar-refractivity contribution in [1.82, 2.24) is 0 Å². The largest absolute Gasteiger partial charge is 0.390 e. The van der Waals surface area contributed by atoms with Gasteiger partial charge in [-0.2, -0.15) is 0 Å². The summed E-state index contributed by atoms with van der Waals surface area (Å²) >= 11 is 3.19. The second kappa shape index (κ2) is 10.5. The van der Waals surface area contributed by atoms with Crippen LogP contribution in [0.25, 0.3) is 0 Å². The predicted molar refractivity (Wildman–Crippen MR) is 59.4 cm³/mol. The van der Waals surface area contributed by atoms with Crippen LogP contribution in [0.5, 0.6) is 0 Å². The topological polar surface area (TPSA) is 29.5 Å². The van der Waals surface area contributed by atoms with Crippen LogP contribution in [0.2, 0.25) is 0 Å². The Morgan fingerprint density at radius 3 is 2.54 bits per heavy atom. The summed E-state index contributed by atoms with van der Waals surface area (Å²) in [6, 6.07) is 0. The van der Waals surface area contributed by atoms with Crippen LogP contribution < -0.4 is 0 Å². The molecule has 0 aliphatic heterocycles. The molecule has 0 aliphatic carbocycles. The van der Waals surface area contributed by atoms with Gasteiger partial charge in [-0.1, -0.05) is 48.5 Å². The molecule has 0 spiro atoms. The highest BCUT2D eigenvalue weighted by atomic mass is 79.9. The van der Waals surface area contributed by atoms with Crippen molar-refractivity contribution < 1.29 is 9.84 Å². The number of hydrogen-bond acceptors (Lipinski definition) is 2. The Bertz CT molecular complexity index is 98.9. The SMILES string of the molecule is CCCCCCCOCC(O)CBr. The van der Waals surface area contributed by atoms with Crippen molar-refractivity contribution in [1.29, 1.82) is 0 Å². The third-order valence-corrected chi connectivity index (χ3v) is 2.63. The van der Waals surface area contributed by atoms with Gasteiger partial charge in [0.25, 0.3) is 0 Å². The number of halogens is 1. The van der Waals surface area contributed by atoms with E-state index in [1.807, 2.05) is 0 Å². The molecule has 2 nitrogen and oxygen atoms in total. The molecule has 0 aromatic carbocycles. The quantitative estimate of drug-likeness (QED) is 0.505. The van der Waals surface area contributed by atoms with Gasteiger partial charge in [0.2, 0.25) is 0 Å². The van der Waals surface area contributed by atoms with E-state index >= 15 is 0 Å². The molecule has 0 saturated carbocycles. The highest BCUT2D eigenvalue weighted by Gasteiger charge is 2.00. The van der Waals surface area contributed by atoms with Gasteiger partial charge in [-0.05, 0) is 6.42 Å². The van der Waals surface area contributed by atoms with Crippen LogP contribution in [0, 0.1) is 0 Å². The zero-order valence-electron chi connectivity index (χ0n) is 8.47. The molecular weight excluding hydrogens is 232 g/mol. The van der Waals surface area contributed by atoms with E-state index in [0.29, 0.717) is 11.9 Å². The molecule has 0 bridgehead atoms. The van der Waals surface area contributed by atoms with E-state index in [1.165, 1.54) is 25.7 Å². The van der Waals surface area contributed by atoms with Crippen molar-refractivity contribution in [3.63, 3.8) is 0 Å². The van der Waals surface area contributed by atoms with Gasteiger partial charge >= 0.3 is 0 Å². The van der Waals surface area contributed by atoms with Crippen LogP contribution in [-0.2, 0) is 4.74 Å². The van der Waals surface area contributed by atoms with Crippen molar-refractivity contribution in [3.05, 3.63) is 0 Å². The Kier molecular flexibility index (Phi) is 10.8. The van der Waals surface area contributed by atoms with E-state index in [0.717, 1.165) is 13.0 Å². The minimum atomic E-state index is -0.351. The summed E-state index contributed by atoms with van der Waals surface area (Å²) in [5.74, 6) is 0. The third kappa shape index (κ3) is 10.3. The Hall–Kier alpha value is 0.400. The molecule has 13 heavy (non-hydrogen) atoms. The molecule has 0 aromatic rings. The lowest BCUT2D eigenvalue weighted by Crippen LogP contribution is -2.16. The van der Waals surface area contributed by atoms with Gasteiger partial charge in [0, 0.05) is 11.9 Å². The summed E-state index contributed by atoms with van der Waals surface area (Å²) in [4.78, 5) is 0. The lowest BCUT2D eigenvalue weighted by Gasteiger charge is -2.07. The molecule has 0 rings (SSSR count). The van der Waals surface area contributed by atoms with Crippen LogP contribution in [0.15, 0.2) is 0 Å². The molecule has 0 heterocycles. The summed E-state index contributed by atoms with van der Waals surface area (Å²) in [7, 11) is 0. The average Bonchev–Trinajstić information content (AvgIpc) is 2.16. The van der Waals surface area contributed by atoms with Gasteiger partial charge in [0.1, 0.15) is 0 Å². The van der Waals surface area contributed by atoms with Crippen LogP contribution in [0.1, 0.15) is 39.0 Å². The van der Waals surface area contributed by atoms with Crippen LogP contribution in [0.4, 0.5) is 0 Å². The van der Waals surface area contributed by atoms with Gasteiger partial charge in [0.15, 0.2) is 0 Å². The van der Waals surface area contributed by atoms with Gasteiger partial charge < -0.3 is 9.84 Å². The zero-order valence-corrected chi connectivity index (χ0v) is 10.1. The second-order valence-electron chi connectivity index (χ2n) is 3.30. The molecule has 1 unspecified atom stereocenters. The smallest absolute Gasteiger partial charge is 0.0870 e. The van der Waals surface area contributed by atoms with Crippen molar-refractivity contribution in [2.45, 2.75) is 45.1 Å². The standard InChI is InChI=1S/C10H21BrO2/c1-2-3-4-5-6-7-13-9-10(12)8-11/h10,12H,2-9H2,1H3. The fraction of sp³-hybridized carbons (Fsp3) is 1.00. The Labute approximate surface area is 89.8 Å². The Balaban J connectivity index is 2.91. The molecule has 3 heteroatoms. The minimum absolute atomic E-state index is 0.351. The third-order valence-electron chi connectivity index (χ3n) is 1.88. The lowest BCUT2D eigenvalue weighted by atomic mass is 10.2. The Morgan fingerprint density at radius 1 is 1.23 bits per heavy atom. The van der Waals surface area contributed by atoms with Crippen molar-refractivity contribution >= 4 is 15.9 Å². The summed E-state index contributed by atoms with van der Waals surface area (Å²) < 4.78 is 5.29. The van der Waals surface area contributed by atoms with Gasteiger partial charge in [0.05, 0.1) is 12.7 Å².